The molecule has 3 aromatic heterocycles. The van der Waals surface area contributed by atoms with Crippen molar-refractivity contribution in [1.82, 2.24) is 25.2 Å². The first-order valence-corrected chi connectivity index (χ1v) is 11.9. The first-order valence-electron chi connectivity index (χ1n) is 11.1. The predicted molar refractivity (Wildman–Crippen MR) is 128 cm³/mol. The lowest BCUT2D eigenvalue weighted by Crippen LogP contribution is -2.41. The maximum Gasteiger partial charge on any atom is 0.263 e. The number of nitrogens with one attached hydrogen (secondary N) is 2. The first kappa shape index (κ1) is 22.9. The Labute approximate surface area is 197 Å². The number of aromatic amines is 1. The SMILES string of the molecule is CC(NC(=O)c1c[nH]c2ncc(-c3ccc(C(=O)N4CCC(C#N)CC4)s3)nc12)C(C)(C)C. The zero-order valence-electron chi connectivity index (χ0n) is 19.3. The number of likely N-dealkylation sites (tertiary alicyclic amines) is 1. The second-order valence-corrected chi connectivity index (χ2v) is 10.7. The van der Waals surface area contributed by atoms with E-state index in [0.29, 0.717) is 40.4 Å². The quantitative estimate of drug-likeness (QED) is 0.600. The normalized spacial score (nSPS) is 15.9. The molecule has 2 amide bonds. The van der Waals surface area contributed by atoms with Crippen LogP contribution >= 0.6 is 11.3 Å². The van der Waals surface area contributed by atoms with Gasteiger partial charge >= 0.3 is 0 Å². The number of nitriles is 1. The molecule has 1 unspecified atom stereocenters. The summed E-state index contributed by atoms with van der Waals surface area (Å²) < 4.78 is 0. The van der Waals surface area contributed by atoms with Gasteiger partial charge in [0.1, 0.15) is 5.52 Å². The van der Waals surface area contributed by atoms with Gasteiger partial charge in [0.25, 0.3) is 11.8 Å². The molecular weight excluding hydrogens is 436 g/mol. The third-order valence-electron chi connectivity index (χ3n) is 6.31. The van der Waals surface area contributed by atoms with Gasteiger partial charge in [0.2, 0.25) is 0 Å². The molecule has 1 saturated heterocycles. The molecule has 3 aromatic rings. The van der Waals surface area contributed by atoms with Crippen LogP contribution in [0, 0.1) is 22.7 Å². The molecule has 1 aliphatic heterocycles. The van der Waals surface area contributed by atoms with Crippen LogP contribution in [0.2, 0.25) is 0 Å². The van der Waals surface area contributed by atoms with E-state index in [1.807, 2.05) is 17.9 Å². The van der Waals surface area contributed by atoms with Crippen molar-refractivity contribution >= 4 is 34.3 Å². The molecule has 0 saturated carbocycles. The van der Waals surface area contributed by atoms with Crippen molar-refractivity contribution in [3.05, 3.63) is 35.0 Å². The lowest BCUT2D eigenvalue weighted by atomic mass is 9.88. The van der Waals surface area contributed by atoms with Crippen LogP contribution in [0.1, 0.15) is 60.6 Å². The smallest absolute Gasteiger partial charge is 0.263 e. The molecule has 8 nitrogen and oxygen atoms in total. The summed E-state index contributed by atoms with van der Waals surface area (Å²) in [6, 6.07) is 5.94. The Morgan fingerprint density at radius 3 is 2.70 bits per heavy atom. The van der Waals surface area contributed by atoms with Crippen LogP contribution in [-0.4, -0.2) is 50.8 Å². The van der Waals surface area contributed by atoms with Crippen LogP contribution in [0.15, 0.2) is 24.5 Å². The lowest BCUT2D eigenvalue weighted by molar-refractivity contribution is 0.0712. The van der Waals surface area contributed by atoms with Crippen molar-refractivity contribution in [1.29, 1.82) is 5.26 Å². The van der Waals surface area contributed by atoms with Crippen molar-refractivity contribution in [3.63, 3.8) is 0 Å². The van der Waals surface area contributed by atoms with Crippen molar-refractivity contribution in [3.8, 4) is 16.6 Å². The van der Waals surface area contributed by atoms with Crippen molar-refractivity contribution in [2.24, 2.45) is 11.3 Å². The molecular formula is C24H28N6O2S. The van der Waals surface area contributed by atoms with Crippen LogP contribution < -0.4 is 5.32 Å². The molecule has 4 rings (SSSR count). The third kappa shape index (κ3) is 4.76. The molecule has 1 fully saturated rings. The Hall–Kier alpha value is -3.25. The summed E-state index contributed by atoms with van der Waals surface area (Å²) in [6.07, 6.45) is 4.72. The summed E-state index contributed by atoms with van der Waals surface area (Å²) in [7, 11) is 0. The van der Waals surface area contributed by atoms with Gasteiger partial charge in [-0.3, -0.25) is 9.59 Å². The molecule has 4 heterocycles. The Bertz CT molecular complexity index is 1220. The highest BCUT2D eigenvalue weighted by Gasteiger charge is 2.26. The number of thiophene rings is 1. The van der Waals surface area contributed by atoms with E-state index in [-0.39, 0.29) is 29.2 Å². The molecule has 0 bridgehead atoms. The minimum Gasteiger partial charge on any atom is -0.349 e. The Morgan fingerprint density at radius 1 is 1.30 bits per heavy atom. The van der Waals surface area contributed by atoms with Gasteiger partial charge in [0, 0.05) is 31.2 Å². The minimum absolute atomic E-state index is 0.0183. The molecule has 1 aliphatic rings. The van der Waals surface area contributed by atoms with E-state index in [1.54, 1.807) is 18.5 Å². The molecule has 0 aliphatic carbocycles. The molecule has 172 valence electrons. The van der Waals surface area contributed by atoms with E-state index in [1.165, 1.54) is 11.3 Å². The van der Waals surface area contributed by atoms with Crippen LogP contribution in [0.5, 0.6) is 0 Å². The first-order chi connectivity index (χ1) is 15.7. The fraction of sp³-hybridized carbons (Fsp3) is 0.458. The van der Waals surface area contributed by atoms with Crippen LogP contribution in [-0.2, 0) is 0 Å². The maximum atomic E-state index is 12.9. The number of rotatable bonds is 4. The van der Waals surface area contributed by atoms with E-state index in [9.17, 15) is 9.59 Å². The minimum atomic E-state index is -0.196. The van der Waals surface area contributed by atoms with E-state index < -0.39 is 0 Å². The lowest BCUT2D eigenvalue weighted by Gasteiger charge is -2.28. The van der Waals surface area contributed by atoms with E-state index in [2.05, 4.69) is 42.1 Å². The van der Waals surface area contributed by atoms with Crippen LogP contribution in [0.4, 0.5) is 0 Å². The number of carbonyl (C=O) groups is 2. The third-order valence-corrected chi connectivity index (χ3v) is 7.40. The molecule has 33 heavy (non-hydrogen) atoms. The van der Waals surface area contributed by atoms with Gasteiger partial charge in [0.05, 0.1) is 33.3 Å². The highest BCUT2D eigenvalue weighted by atomic mass is 32.1. The van der Waals surface area contributed by atoms with Crippen molar-refractivity contribution in [2.45, 2.75) is 46.6 Å². The molecule has 0 aromatic carbocycles. The highest BCUT2D eigenvalue weighted by Crippen LogP contribution is 2.30. The Morgan fingerprint density at radius 2 is 2.03 bits per heavy atom. The average Bonchev–Trinajstić information content (AvgIpc) is 3.45. The second kappa shape index (κ2) is 8.94. The van der Waals surface area contributed by atoms with Crippen LogP contribution in [0.3, 0.4) is 0 Å². The monoisotopic (exact) mass is 464 g/mol. The standard InChI is InChI=1S/C24H28N6O2S/c1-14(24(2,3)4)28-22(31)16-12-26-21-20(16)29-17(13-27-21)18-5-6-19(33-18)23(32)30-9-7-15(11-25)8-10-30/h5-6,12-15H,7-10H2,1-4H3,(H,26,27)(H,28,31). The molecule has 0 spiro atoms. The summed E-state index contributed by atoms with van der Waals surface area (Å²) >= 11 is 1.36. The maximum absolute atomic E-state index is 12.9. The van der Waals surface area contributed by atoms with Crippen molar-refractivity contribution in [2.75, 3.05) is 13.1 Å². The number of amides is 2. The molecule has 2 N–H and O–H groups in total. The summed E-state index contributed by atoms with van der Waals surface area (Å²) in [5.41, 5.74) is 2.05. The van der Waals surface area contributed by atoms with Gasteiger partial charge in [-0.15, -0.1) is 11.3 Å². The van der Waals surface area contributed by atoms with Gasteiger partial charge in [-0.2, -0.15) is 5.26 Å². The van der Waals surface area contributed by atoms with Gasteiger partial charge in [0.15, 0.2) is 5.65 Å². The summed E-state index contributed by atoms with van der Waals surface area (Å²) in [4.78, 5) is 41.2. The fourth-order valence-electron chi connectivity index (χ4n) is 3.63. The van der Waals surface area contributed by atoms with Crippen molar-refractivity contribution < 1.29 is 9.59 Å². The number of hydrogen-bond donors (Lipinski definition) is 2. The number of H-pyrrole nitrogens is 1. The zero-order chi connectivity index (χ0) is 23.8. The summed E-state index contributed by atoms with van der Waals surface area (Å²) in [6.45, 7) is 9.41. The fourth-order valence-corrected chi connectivity index (χ4v) is 4.56. The highest BCUT2D eigenvalue weighted by molar-refractivity contribution is 7.17. The zero-order valence-corrected chi connectivity index (χ0v) is 20.1. The molecule has 9 heteroatoms. The van der Waals surface area contributed by atoms with E-state index >= 15 is 0 Å². The summed E-state index contributed by atoms with van der Waals surface area (Å²) in [5.74, 6) is -0.179. The number of hydrogen-bond acceptors (Lipinski definition) is 6. The van der Waals surface area contributed by atoms with Crippen LogP contribution in [0.25, 0.3) is 21.7 Å². The van der Waals surface area contributed by atoms with E-state index in [4.69, 9.17) is 10.2 Å². The number of piperidine rings is 1. The van der Waals surface area contributed by atoms with Gasteiger partial charge in [-0.05, 0) is 37.3 Å². The Kier molecular flexibility index (Phi) is 6.21. The average molecular weight is 465 g/mol. The van der Waals surface area contributed by atoms with Gasteiger partial charge in [-0.1, -0.05) is 20.8 Å². The van der Waals surface area contributed by atoms with Gasteiger partial charge < -0.3 is 15.2 Å². The Balaban J connectivity index is 1.54. The second-order valence-electron chi connectivity index (χ2n) is 9.58. The molecule has 1 atom stereocenters. The number of nitrogens with zero attached hydrogens (tertiary/aromatic N) is 4. The number of aromatic nitrogens is 3. The predicted octanol–water partition coefficient (Wildman–Crippen LogP) is 4.23. The van der Waals surface area contributed by atoms with E-state index in [0.717, 1.165) is 17.7 Å². The van der Waals surface area contributed by atoms with Gasteiger partial charge in [-0.25, -0.2) is 9.97 Å². The largest absolute Gasteiger partial charge is 0.349 e. The number of carbonyl (C=O) groups excluding carboxylic acids is 2. The number of fused-ring (bicyclic) bond motifs is 1. The topological polar surface area (TPSA) is 115 Å². The molecule has 0 radical (unpaired) electrons. The summed E-state index contributed by atoms with van der Waals surface area (Å²) in [5, 5.41) is 12.1.